The van der Waals surface area contributed by atoms with Gasteiger partial charge in [-0.2, -0.15) is 0 Å². The van der Waals surface area contributed by atoms with Crippen LogP contribution in [0.1, 0.15) is 18.4 Å². The van der Waals surface area contributed by atoms with Crippen molar-refractivity contribution < 1.29 is 18.4 Å². The minimum absolute atomic E-state index is 0.126. The lowest BCUT2D eigenvalue weighted by molar-refractivity contribution is -0.134. The SMILES string of the molecule is O=C(NCc1ccccc1)C1(C(=O)Nc2ccc(F)c(F)c2)CC1. The smallest absolute Gasteiger partial charge is 0.240 e. The van der Waals surface area contributed by atoms with Crippen LogP contribution in [0.4, 0.5) is 14.5 Å². The van der Waals surface area contributed by atoms with E-state index in [0.717, 1.165) is 17.7 Å². The number of benzene rings is 2. The molecule has 0 saturated heterocycles. The van der Waals surface area contributed by atoms with Crippen LogP contribution in [0.3, 0.4) is 0 Å². The van der Waals surface area contributed by atoms with Gasteiger partial charge < -0.3 is 10.6 Å². The molecule has 4 nitrogen and oxygen atoms in total. The highest BCUT2D eigenvalue weighted by Gasteiger charge is 2.56. The predicted molar refractivity (Wildman–Crippen MR) is 84.9 cm³/mol. The number of carbonyl (C=O) groups excluding carboxylic acids is 2. The van der Waals surface area contributed by atoms with Crippen molar-refractivity contribution >= 4 is 17.5 Å². The third-order valence-electron chi connectivity index (χ3n) is 4.09. The third kappa shape index (κ3) is 3.27. The standard InChI is InChI=1S/C18H16F2N2O2/c19-14-7-6-13(10-15(14)20)22-17(24)18(8-9-18)16(23)21-11-12-4-2-1-3-5-12/h1-7,10H,8-9,11H2,(H,21,23)(H,22,24). The van der Waals surface area contributed by atoms with Crippen LogP contribution in [0.15, 0.2) is 48.5 Å². The summed E-state index contributed by atoms with van der Waals surface area (Å²) in [7, 11) is 0. The Morgan fingerprint density at radius 2 is 1.67 bits per heavy atom. The second-order valence-corrected chi connectivity index (χ2v) is 5.83. The highest BCUT2D eigenvalue weighted by atomic mass is 19.2. The fourth-order valence-electron chi connectivity index (χ4n) is 2.45. The molecule has 2 amide bonds. The quantitative estimate of drug-likeness (QED) is 0.828. The fourth-order valence-corrected chi connectivity index (χ4v) is 2.45. The van der Waals surface area contributed by atoms with E-state index in [4.69, 9.17) is 0 Å². The molecule has 0 atom stereocenters. The fraction of sp³-hybridized carbons (Fsp3) is 0.222. The topological polar surface area (TPSA) is 58.2 Å². The molecule has 0 spiro atoms. The van der Waals surface area contributed by atoms with Crippen LogP contribution in [-0.4, -0.2) is 11.8 Å². The van der Waals surface area contributed by atoms with Gasteiger partial charge in [0.1, 0.15) is 5.41 Å². The van der Waals surface area contributed by atoms with Gasteiger partial charge in [-0.25, -0.2) is 8.78 Å². The highest BCUT2D eigenvalue weighted by molar-refractivity contribution is 6.13. The molecule has 124 valence electrons. The van der Waals surface area contributed by atoms with Crippen molar-refractivity contribution in [3.8, 4) is 0 Å². The van der Waals surface area contributed by atoms with Gasteiger partial charge >= 0.3 is 0 Å². The summed E-state index contributed by atoms with van der Waals surface area (Å²) in [5, 5.41) is 5.24. The second kappa shape index (κ2) is 6.39. The van der Waals surface area contributed by atoms with Crippen molar-refractivity contribution in [1.29, 1.82) is 0 Å². The van der Waals surface area contributed by atoms with E-state index in [2.05, 4.69) is 10.6 Å². The molecular weight excluding hydrogens is 314 g/mol. The lowest BCUT2D eigenvalue weighted by atomic mass is 10.0. The van der Waals surface area contributed by atoms with Gasteiger partial charge in [0.25, 0.3) is 0 Å². The molecular formula is C18H16F2N2O2. The van der Waals surface area contributed by atoms with E-state index in [-0.39, 0.29) is 11.6 Å². The summed E-state index contributed by atoms with van der Waals surface area (Å²) >= 11 is 0. The molecule has 3 rings (SSSR count). The summed E-state index contributed by atoms with van der Waals surface area (Å²) in [4.78, 5) is 24.7. The summed E-state index contributed by atoms with van der Waals surface area (Å²) in [6, 6.07) is 12.4. The number of nitrogens with one attached hydrogen (secondary N) is 2. The zero-order valence-electron chi connectivity index (χ0n) is 12.8. The minimum atomic E-state index is -1.13. The van der Waals surface area contributed by atoms with E-state index in [1.165, 1.54) is 6.07 Å². The number of hydrogen-bond acceptors (Lipinski definition) is 2. The highest BCUT2D eigenvalue weighted by Crippen LogP contribution is 2.46. The molecule has 2 N–H and O–H groups in total. The lowest BCUT2D eigenvalue weighted by Crippen LogP contribution is -2.39. The van der Waals surface area contributed by atoms with Crippen molar-refractivity contribution in [3.63, 3.8) is 0 Å². The van der Waals surface area contributed by atoms with Crippen LogP contribution >= 0.6 is 0 Å². The number of hydrogen-bond donors (Lipinski definition) is 2. The van der Waals surface area contributed by atoms with Crippen molar-refractivity contribution in [2.75, 3.05) is 5.32 Å². The van der Waals surface area contributed by atoms with Crippen molar-refractivity contribution in [3.05, 3.63) is 65.7 Å². The third-order valence-corrected chi connectivity index (χ3v) is 4.09. The summed E-state index contributed by atoms with van der Waals surface area (Å²) < 4.78 is 26.1. The lowest BCUT2D eigenvalue weighted by Gasteiger charge is -2.15. The average molecular weight is 330 g/mol. The molecule has 1 saturated carbocycles. The van der Waals surface area contributed by atoms with Crippen molar-refractivity contribution in [2.45, 2.75) is 19.4 Å². The van der Waals surface area contributed by atoms with E-state index in [9.17, 15) is 18.4 Å². The number of rotatable bonds is 5. The van der Waals surface area contributed by atoms with Crippen LogP contribution in [0.25, 0.3) is 0 Å². The molecule has 0 bridgehead atoms. The predicted octanol–water partition coefficient (Wildman–Crippen LogP) is 3.00. The second-order valence-electron chi connectivity index (χ2n) is 5.83. The van der Waals surface area contributed by atoms with Gasteiger partial charge in [0.2, 0.25) is 11.8 Å². The van der Waals surface area contributed by atoms with E-state index >= 15 is 0 Å². The van der Waals surface area contributed by atoms with Gasteiger partial charge in [0.05, 0.1) is 0 Å². The molecule has 0 heterocycles. The normalized spacial score (nSPS) is 14.8. The Labute approximate surface area is 137 Å². The summed E-state index contributed by atoms with van der Waals surface area (Å²) in [5.74, 6) is -2.90. The van der Waals surface area contributed by atoms with Gasteiger partial charge in [-0.1, -0.05) is 30.3 Å². The minimum Gasteiger partial charge on any atom is -0.351 e. The zero-order chi connectivity index (χ0) is 17.2. The van der Waals surface area contributed by atoms with Gasteiger partial charge in [-0.3, -0.25) is 9.59 Å². The first-order valence-electron chi connectivity index (χ1n) is 7.60. The Morgan fingerprint density at radius 3 is 2.29 bits per heavy atom. The Kier molecular flexibility index (Phi) is 4.29. The van der Waals surface area contributed by atoms with E-state index in [0.29, 0.717) is 19.4 Å². The molecule has 1 aliphatic carbocycles. The van der Waals surface area contributed by atoms with E-state index < -0.39 is 23.0 Å². The molecule has 0 radical (unpaired) electrons. The Morgan fingerprint density at radius 1 is 0.958 bits per heavy atom. The zero-order valence-corrected chi connectivity index (χ0v) is 12.8. The first-order chi connectivity index (χ1) is 11.5. The van der Waals surface area contributed by atoms with Crippen molar-refractivity contribution in [1.82, 2.24) is 5.32 Å². The maximum absolute atomic E-state index is 13.2. The van der Waals surface area contributed by atoms with Crippen LogP contribution in [0.5, 0.6) is 0 Å². The van der Waals surface area contributed by atoms with Gasteiger partial charge in [-0.15, -0.1) is 0 Å². The molecule has 0 unspecified atom stereocenters. The molecule has 24 heavy (non-hydrogen) atoms. The van der Waals surface area contributed by atoms with Crippen LogP contribution in [-0.2, 0) is 16.1 Å². The maximum atomic E-state index is 13.2. The van der Waals surface area contributed by atoms with Crippen LogP contribution in [0.2, 0.25) is 0 Å². The summed E-state index contributed by atoms with van der Waals surface area (Å²) in [6.45, 7) is 0.333. The maximum Gasteiger partial charge on any atom is 0.240 e. The number of anilines is 1. The first kappa shape index (κ1) is 16.1. The van der Waals surface area contributed by atoms with Crippen LogP contribution in [0, 0.1) is 17.0 Å². The Balaban J connectivity index is 1.63. The monoisotopic (exact) mass is 330 g/mol. The van der Waals surface area contributed by atoms with Crippen LogP contribution < -0.4 is 10.6 Å². The summed E-state index contributed by atoms with van der Waals surface area (Å²) in [6.07, 6.45) is 0.867. The molecule has 1 fully saturated rings. The van der Waals surface area contributed by atoms with E-state index in [1.54, 1.807) is 0 Å². The Bertz CT molecular complexity index is 774. The van der Waals surface area contributed by atoms with Crippen molar-refractivity contribution in [2.24, 2.45) is 5.41 Å². The van der Waals surface area contributed by atoms with Gasteiger partial charge in [0, 0.05) is 18.3 Å². The number of amides is 2. The number of carbonyl (C=O) groups is 2. The average Bonchev–Trinajstić information content (AvgIpc) is 3.39. The van der Waals surface area contributed by atoms with Gasteiger partial charge in [0.15, 0.2) is 11.6 Å². The summed E-state index contributed by atoms with van der Waals surface area (Å²) in [5.41, 5.74) is -0.0664. The molecule has 0 aromatic heterocycles. The van der Waals surface area contributed by atoms with E-state index in [1.807, 2.05) is 30.3 Å². The molecule has 2 aromatic rings. The molecule has 0 aliphatic heterocycles. The molecule has 6 heteroatoms. The van der Waals surface area contributed by atoms with Gasteiger partial charge in [-0.05, 0) is 30.5 Å². The molecule has 2 aromatic carbocycles. The number of halogens is 2. The first-order valence-corrected chi connectivity index (χ1v) is 7.60. The Hall–Kier alpha value is -2.76. The molecule has 1 aliphatic rings. The largest absolute Gasteiger partial charge is 0.351 e.